The number of nitrogens with one attached hydrogen (secondary N) is 3. The molecule has 1 aromatic rings. The summed E-state index contributed by atoms with van der Waals surface area (Å²) in [6, 6.07) is 1.95. The molecule has 4 unspecified atom stereocenters. The molecule has 0 aromatic heterocycles. The Kier molecular flexibility index (Phi) is 11.0. The number of phenols is 1. The Bertz CT molecular complexity index is 800. The average Bonchev–Trinajstić information content (AvgIpc) is 2.71. The Morgan fingerprint density at radius 1 is 0.906 bits per heavy atom. The third kappa shape index (κ3) is 9.15. The van der Waals surface area contributed by atoms with E-state index >= 15 is 0 Å². The molecule has 0 aliphatic heterocycles. The normalized spacial score (nSPS) is 14.7. The van der Waals surface area contributed by atoms with Crippen molar-refractivity contribution in [2.75, 3.05) is 5.75 Å². The van der Waals surface area contributed by atoms with Crippen LogP contribution in [-0.2, 0) is 25.6 Å². The zero-order chi connectivity index (χ0) is 24.4. The lowest BCUT2D eigenvalue weighted by molar-refractivity contribution is -0.142. The van der Waals surface area contributed by atoms with Gasteiger partial charge in [-0.3, -0.25) is 14.4 Å². The lowest BCUT2D eigenvalue weighted by Crippen LogP contribution is -2.58. The first-order valence-corrected chi connectivity index (χ1v) is 10.9. The van der Waals surface area contributed by atoms with Gasteiger partial charge in [0.05, 0.1) is 6.04 Å². The molecule has 0 aliphatic carbocycles. The summed E-state index contributed by atoms with van der Waals surface area (Å²) in [5.74, 6) is -3.08. The smallest absolute Gasteiger partial charge is 0.326 e. The molecule has 0 bridgehead atoms. The molecule has 0 heterocycles. The van der Waals surface area contributed by atoms with E-state index in [1.54, 1.807) is 12.1 Å². The van der Waals surface area contributed by atoms with E-state index in [-0.39, 0.29) is 30.3 Å². The van der Waals surface area contributed by atoms with Gasteiger partial charge in [0, 0.05) is 12.2 Å². The highest BCUT2D eigenvalue weighted by atomic mass is 32.1. The van der Waals surface area contributed by atoms with E-state index in [1.807, 2.05) is 13.8 Å². The Labute approximate surface area is 192 Å². The van der Waals surface area contributed by atoms with Crippen LogP contribution in [0.5, 0.6) is 5.75 Å². The van der Waals surface area contributed by atoms with Gasteiger partial charge in [0.25, 0.3) is 0 Å². The number of rotatable bonds is 12. The van der Waals surface area contributed by atoms with Gasteiger partial charge < -0.3 is 31.9 Å². The lowest BCUT2D eigenvalue weighted by atomic mass is 10.0. The number of aromatic hydroxyl groups is 1. The number of hydrogen-bond acceptors (Lipinski definition) is 7. The van der Waals surface area contributed by atoms with Crippen molar-refractivity contribution in [2.24, 2.45) is 11.7 Å². The molecule has 4 atom stereocenters. The lowest BCUT2D eigenvalue weighted by Gasteiger charge is -2.24. The van der Waals surface area contributed by atoms with E-state index in [9.17, 15) is 29.4 Å². The van der Waals surface area contributed by atoms with Gasteiger partial charge in [-0.2, -0.15) is 12.6 Å². The number of hydrogen-bond donors (Lipinski definition) is 7. The molecule has 0 spiro atoms. The largest absolute Gasteiger partial charge is 0.508 e. The van der Waals surface area contributed by atoms with Crippen LogP contribution < -0.4 is 21.7 Å². The Balaban J connectivity index is 2.95. The fraction of sp³-hybridized carbons (Fsp3) is 0.524. The van der Waals surface area contributed by atoms with E-state index in [4.69, 9.17) is 5.73 Å². The number of amides is 3. The first kappa shape index (κ1) is 27.2. The summed E-state index contributed by atoms with van der Waals surface area (Å²) in [4.78, 5) is 49.0. The van der Waals surface area contributed by atoms with Crippen LogP contribution in [0.3, 0.4) is 0 Å². The summed E-state index contributed by atoms with van der Waals surface area (Å²) < 4.78 is 0. The number of carboxylic acid groups (broad SMARTS) is 1. The predicted octanol–water partition coefficient (Wildman–Crippen LogP) is -0.203. The number of carbonyl (C=O) groups is 4. The number of carbonyl (C=O) groups excluding carboxylic acids is 3. The molecule has 178 valence electrons. The Morgan fingerprint density at radius 2 is 1.41 bits per heavy atom. The summed E-state index contributed by atoms with van der Waals surface area (Å²) >= 11 is 4.10. The van der Waals surface area contributed by atoms with Crippen molar-refractivity contribution in [2.45, 2.75) is 57.8 Å². The fourth-order valence-corrected chi connectivity index (χ4v) is 3.07. The van der Waals surface area contributed by atoms with Gasteiger partial charge in [0.2, 0.25) is 17.7 Å². The number of aliphatic carboxylic acids is 1. The second-order valence-corrected chi connectivity index (χ2v) is 8.36. The number of carboxylic acids is 1. The Hall–Kier alpha value is -2.79. The van der Waals surface area contributed by atoms with E-state index < -0.39 is 47.9 Å². The second kappa shape index (κ2) is 12.9. The topological polar surface area (TPSA) is 171 Å². The second-order valence-electron chi connectivity index (χ2n) is 7.99. The maximum absolute atomic E-state index is 12.9. The molecule has 11 heteroatoms. The summed E-state index contributed by atoms with van der Waals surface area (Å²) in [5.41, 5.74) is 6.24. The zero-order valence-electron chi connectivity index (χ0n) is 18.4. The third-order valence-electron chi connectivity index (χ3n) is 4.56. The molecule has 10 nitrogen and oxygen atoms in total. The van der Waals surface area contributed by atoms with Crippen LogP contribution in [0, 0.1) is 5.92 Å². The Morgan fingerprint density at radius 3 is 1.88 bits per heavy atom. The first-order valence-electron chi connectivity index (χ1n) is 10.2. The van der Waals surface area contributed by atoms with Crippen LogP contribution in [0.15, 0.2) is 24.3 Å². The van der Waals surface area contributed by atoms with Gasteiger partial charge in [-0.05, 0) is 37.0 Å². The summed E-state index contributed by atoms with van der Waals surface area (Å²) in [5, 5.41) is 26.2. The van der Waals surface area contributed by atoms with Crippen molar-refractivity contribution in [1.29, 1.82) is 0 Å². The highest BCUT2D eigenvalue weighted by Crippen LogP contribution is 2.12. The molecule has 0 saturated carbocycles. The van der Waals surface area contributed by atoms with Crippen molar-refractivity contribution in [3.8, 4) is 5.75 Å². The fourth-order valence-electron chi connectivity index (χ4n) is 2.81. The standard InChI is InChI=1S/C21H32N4O6S/c1-11(2)8-16(21(30)31)24-20(29)17(10-32)25-19(28)15(23-18(27)12(3)22)9-13-4-6-14(26)7-5-13/h4-7,11-12,15-17,26,32H,8-10,22H2,1-3H3,(H,23,27)(H,24,29)(H,25,28)(H,30,31). The summed E-state index contributed by atoms with van der Waals surface area (Å²) in [6.45, 7) is 5.12. The molecule has 7 N–H and O–H groups in total. The van der Waals surface area contributed by atoms with Gasteiger partial charge in [-0.15, -0.1) is 0 Å². The maximum Gasteiger partial charge on any atom is 0.326 e. The molecular formula is C21H32N4O6S. The van der Waals surface area contributed by atoms with Crippen molar-refractivity contribution in [1.82, 2.24) is 16.0 Å². The van der Waals surface area contributed by atoms with E-state index in [0.717, 1.165) is 0 Å². The van der Waals surface area contributed by atoms with E-state index in [1.165, 1.54) is 19.1 Å². The third-order valence-corrected chi connectivity index (χ3v) is 4.93. The van der Waals surface area contributed by atoms with E-state index in [2.05, 4.69) is 28.6 Å². The molecule has 1 aromatic carbocycles. The van der Waals surface area contributed by atoms with Gasteiger partial charge in [0.1, 0.15) is 23.9 Å². The number of benzene rings is 1. The molecule has 0 aliphatic rings. The van der Waals surface area contributed by atoms with Gasteiger partial charge in [0.15, 0.2) is 0 Å². The molecule has 0 saturated heterocycles. The van der Waals surface area contributed by atoms with Crippen LogP contribution in [-0.4, -0.2) is 63.8 Å². The first-order chi connectivity index (χ1) is 14.9. The molecular weight excluding hydrogens is 436 g/mol. The van der Waals surface area contributed by atoms with Crippen LogP contribution in [0.1, 0.15) is 32.8 Å². The van der Waals surface area contributed by atoms with Gasteiger partial charge in [-0.1, -0.05) is 26.0 Å². The van der Waals surface area contributed by atoms with Crippen molar-refractivity contribution in [3.63, 3.8) is 0 Å². The molecule has 0 radical (unpaired) electrons. The number of nitrogens with two attached hydrogens (primary N) is 1. The van der Waals surface area contributed by atoms with Crippen molar-refractivity contribution in [3.05, 3.63) is 29.8 Å². The molecule has 1 rings (SSSR count). The number of thiol groups is 1. The van der Waals surface area contributed by atoms with Crippen molar-refractivity contribution >= 4 is 36.3 Å². The van der Waals surface area contributed by atoms with Crippen LogP contribution >= 0.6 is 12.6 Å². The summed E-state index contributed by atoms with van der Waals surface area (Å²) in [7, 11) is 0. The maximum atomic E-state index is 12.9. The SMILES string of the molecule is CC(C)CC(NC(=O)C(CS)NC(=O)C(Cc1ccc(O)cc1)NC(=O)C(C)N)C(=O)O. The highest BCUT2D eigenvalue weighted by Gasteiger charge is 2.29. The van der Waals surface area contributed by atoms with Crippen LogP contribution in [0.25, 0.3) is 0 Å². The van der Waals surface area contributed by atoms with E-state index in [0.29, 0.717) is 5.56 Å². The molecule has 32 heavy (non-hydrogen) atoms. The minimum Gasteiger partial charge on any atom is -0.508 e. The summed E-state index contributed by atoms with van der Waals surface area (Å²) in [6.07, 6.45) is 0.304. The van der Waals surface area contributed by atoms with Gasteiger partial charge in [-0.25, -0.2) is 4.79 Å². The predicted molar refractivity (Wildman–Crippen MR) is 122 cm³/mol. The van der Waals surface area contributed by atoms with Crippen LogP contribution in [0.2, 0.25) is 0 Å². The highest BCUT2D eigenvalue weighted by molar-refractivity contribution is 7.80. The monoisotopic (exact) mass is 468 g/mol. The minimum absolute atomic E-state index is 0.0311. The zero-order valence-corrected chi connectivity index (χ0v) is 19.3. The molecule has 0 fully saturated rings. The minimum atomic E-state index is -1.18. The number of phenolic OH excluding ortho intramolecular Hbond substituents is 1. The van der Waals surface area contributed by atoms with Gasteiger partial charge >= 0.3 is 5.97 Å². The average molecular weight is 469 g/mol. The quantitative estimate of drug-likeness (QED) is 0.208. The molecule has 3 amide bonds. The van der Waals surface area contributed by atoms with Crippen molar-refractivity contribution < 1.29 is 29.4 Å². The van der Waals surface area contributed by atoms with Crippen LogP contribution in [0.4, 0.5) is 0 Å².